The Bertz CT molecular complexity index is 1470. The molecule has 0 spiro atoms. The number of ether oxygens (including phenoxy) is 1. The summed E-state index contributed by atoms with van der Waals surface area (Å²) < 4.78 is 6.96. The van der Waals surface area contributed by atoms with Gasteiger partial charge in [-0.3, -0.25) is 14.9 Å². The zero-order chi connectivity index (χ0) is 25.9. The monoisotopic (exact) mass is 520 g/mol. The number of nitrogens with one attached hydrogen (secondary N) is 1. The maximum atomic E-state index is 13.0. The molecule has 0 bridgehead atoms. The second-order valence-corrected chi connectivity index (χ2v) is 9.72. The molecule has 1 fully saturated rings. The van der Waals surface area contributed by atoms with Crippen molar-refractivity contribution in [1.82, 2.24) is 19.7 Å². The first kappa shape index (κ1) is 24.5. The summed E-state index contributed by atoms with van der Waals surface area (Å²) in [7, 11) is 0. The third kappa shape index (κ3) is 5.05. The van der Waals surface area contributed by atoms with Gasteiger partial charge < -0.3 is 10.1 Å². The van der Waals surface area contributed by atoms with E-state index in [4.69, 9.17) is 9.72 Å². The summed E-state index contributed by atoms with van der Waals surface area (Å²) in [5.41, 5.74) is 1.65. The molecule has 1 saturated carbocycles. The molecule has 1 amide bonds. The van der Waals surface area contributed by atoms with E-state index in [9.17, 15) is 19.7 Å². The van der Waals surface area contributed by atoms with Crippen LogP contribution in [0.1, 0.15) is 65.1 Å². The number of hydrogen-bond acceptors (Lipinski definition) is 9. The van der Waals surface area contributed by atoms with Gasteiger partial charge in [0.05, 0.1) is 39.6 Å². The third-order valence-corrected chi connectivity index (χ3v) is 7.29. The van der Waals surface area contributed by atoms with Gasteiger partial charge in [-0.25, -0.2) is 19.4 Å². The van der Waals surface area contributed by atoms with E-state index in [1.165, 1.54) is 18.6 Å². The second-order valence-electron chi connectivity index (χ2n) is 8.66. The summed E-state index contributed by atoms with van der Waals surface area (Å²) in [6.45, 7) is 2.02. The van der Waals surface area contributed by atoms with E-state index in [2.05, 4.69) is 15.4 Å². The lowest BCUT2D eigenvalue weighted by Gasteiger charge is -2.22. The van der Waals surface area contributed by atoms with Gasteiger partial charge in [-0.15, -0.1) is 0 Å². The van der Waals surface area contributed by atoms with Crippen molar-refractivity contribution >= 4 is 45.1 Å². The zero-order valence-corrected chi connectivity index (χ0v) is 20.9. The molecule has 1 aromatic carbocycles. The highest BCUT2D eigenvalue weighted by Gasteiger charge is 2.23. The van der Waals surface area contributed by atoms with Gasteiger partial charge in [0.1, 0.15) is 5.82 Å². The molecule has 4 aromatic rings. The van der Waals surface area contributed by atoms with E-state index in [1.807, 2.05) is 4.68 Å². The number of carbonyl (C=O) groups is 2. The number of hydrogen-bond donors (Lipinski definition) is 1. The topological polar surface area (TPSA) is 142 Å². The van der Waals surface area contributed by atoms with E-state index >= 15 is 0 Å². The minimum absolute atomic E-state index is 0.120. The van der Waals surface area contributed by atoms with Crippen molar-refractivity contribution in [2.24, 2.45) is 0 Å². The van der Waals surface area contributed by atoms with Crippen LogP contribution in [-0.2, 0) is 4.74 Å². The molecule has 11 nitrogen and oxygen atoms in total. The lowest BCUT2D eigenvalue weighted by Crippen LogP contribution is -2.16. The SMILES string of the molecule is CCOC(=O)c1ccc(-c2nc(NC(=O)c3ccc([N+](=O)[O-])s3)c3cnn(C4CCCCC4)c3n2)cc1. The summed E-state index contributed by atoms with van der Waals surface area (Å²) in [6, 6.07) is 9.64. The number of anilines is 1. The molecule has 0 saturated heterocycles. The Balaban J connectivity index is 1.55. The average molecular weight is 521 g/mol. The number of nitro groups is 1. The van der Waals surface area contributed by atoms with Crippen LogP contribution >= 0.6 is 11.3 Å². The van der Waals surface area contributed by atoms with Gasteiger partial charge in [-0.05, 0) is 38.0 Å². The first-order valence-corrected chi connectivity index (χ1v) is 12.8. The molecule has 37 heavy (non-hydrogen) atoms. The van der Waals surface area contributed by atoms with Gasteiger partial charge in [0.15, 0.2) is 11.5 Å². The van der Waals surface area contributed by atoms with Crippen LogP contribution in [0.4, 0.5) is 10.8 Å². The molecule has 0 atom stereocenters. The van der Waals surface area contributed by atoms with E-state index in [0.717, 1.165) is 37.0 Å². The standard InChI is InChI=1S/C25H24N6O5S/c1-2-36-25(33)16-10-8-15(9-11-16)21-27-22(29-24(32)19-12-13-20(37-19)31(34)35)18-14-26-30(23(18)28-21)17-6-4-3-5-7-17/h8-14,17H,2-7H2,1H3,(H,27,28,29,32). The van der Waals surface area contributed by atoms with Gasteiger partial charge in [0.2, 0.25) is 0 Å². The Morgan fingerprint density at radius 3 is 2.57 bits per heavy atom. The first-order chi connectivity index (χ1) is 17.9. The number of benzene rings is 1. The van der Waals surface area contributed by atoms with E-state index < -0.39 is 16.8 Å². The average Bonchev–Trinajstić information content (AvgIpc) is 3.58. The third-order valence-electron chi connectivity index (χ3n) is 6.26. The van der Waals surface area contributed by atoms with Crippen LogP contribution in [0.25, 0.3) is 22.4 Å². The number of nitrogens with zero attached hydrogens (tertiary/aromatic N) is 5. The van der Waals surface area contributed by atoms with Crippen molar-refractivity contribution in [2.45, 2.75) is 45.1 Å². The molecule has 3 heterocycles. The number of aromatic nitrogens is 4. The van der Waals surface area contributed by atoms with Crippen LogP contribution in [0, 0.1) is 10.1 Å². The fourth-order valence-corrected chi connectivity index (χ4v) is 5.15. The van der Waals surface area contributed by atoms with Crippen molar-refractivity contribution in [2.75, 3.05) is 11.9 Å². The van der Waals surface area contributed by atoms with Gasteiger partial charge in [0, 0.05) is 11.6 Å². The predicted octanol–water partition coefficient (Wildman–Crippen LogP) is 5.40. The van der Waals surface area contributed by atoms with E-state index in [0.29, 0.717) is 28.0 Å². The highest BCUT2D eigenvalue weighted by molar-refractivity contribution is 7.17. The minimum Gasteiger partial charge on any atom is -0.462 e. The molecule has 1 aliphatic carbocycles. The lowest BCUT2D eigenvalue weighted by molar-refractivity contribution is -0.380. The number of esters is 1. The van der Waals surface area contributed by atoms with Crippen LogP contribution in [0.2, 0.25) is 0 Å². The van der Waals surface area contributed by atoms with Crippen LogP contribution in [0.5, 0.6) is 0 Å². The molecule has 0 radical (unpaired) electrons. The van der Waals surface area contributed by atoms with Crippen molar-refractivity contribution < 1.29 is 19.2 Å². The zero-order valence-electron chi connectivity index (χ0n) is 20.0. The van der Waals surface area contributed by atoms with Gasteiger partial charge in [-0.2, -0.15) is 5.10 Å². The molecular weight excluding hydrogens is 496 g/mol. The Kier molecular flexibility index (Phi) is 6.91. The number of thiophene rings is 1. The Morgan fingerprint density at radius 2 is 1.89 bits per heavy atom. The lowest BCUT2D eigenvalue weighted by atomic mass is 9.96. The smallest absolute Gasteiger partial charge is 0.338 e. The number of rotatable bonds is 7. The molecule has 1 N–H and O–H groups in total. The maximum Gasteiger partial charge on any atom is 0.338 e. The fourth-order valence-electron chi connectivity index (χ4n) is 4.43. The number of fused-ring (bicyclic) bond motifs is 1. The molecular formula is C25H24N6O5S. The van der Waals surface area contributed by atoms with Crippen molar-refractivity contribution in [3.63, 3.8) is 0 Å². The molecule has 5 rings (SSSR count). The highest BCUT2D eigenvalue weighted by Crippen LogP contribution is 2.33. The molecule has 12 heteroatoms. The van der Waals surface area contributed by atoms with Gasteiger partial charge >= 0.3 is 11.0 Å². The summed E-state index contributed by atoms with van der Waals surface area (Å²) in [6.07, 6.45) is 7.04. The van der Waals surface area contributed by atoms with Crippen molar-refractivity contribution in [3.05, 3.63) is 63.1 Å². The van der Waals surface area contributed by atoms with Crippen LogP contribution in [-0.4, -0.2) is 43.2 Å². The molecule has 0 aliphatic heterocycles. The van der Waals surface area contributed by atoms with Gasteiger partial charge in [-0.1, -0.05) is 42.7 Å². The van der Waals surface area contributed by atoms with Crippen molar-refractivity contribution in [1.29, 1.82) is 0 Å². The molecule has 3 aromatic heterocycles. The molecule has 0 unspecified atom stereocenters. The van der Waals surface area contributed by atoms with Gasteiger partial charge in [0.25, 0.3) is 5.91 Å². The number of carbonyl (C=O) groups excluding carboxylic acids is 2. The fraction of sp³-hybridized carbons (Fsp3) is 0.320. The number of amides is 1. The molecule has 1 aliphatic rings. The van der Waals surface area contributed by atoms with Crippen LogP contribution < -0.4 is 5.32 Å². The first-order valence-electron chi connectivity index (χ1n) is 12.0. The van der Waals surface area contributed by atoms with Crippen LogP contribution in [0.3, 0.4) is 0 Å². The van der Waals surface area contributed by atoms with E-state index in [1.54, 1.807) is 37.4 Å². The Morgan fingerprint density at radius 1 is 1.14 bits per heavy atom. The highest BCUT2D eigenvalue weighted by atomic mass is 32.1. The maximum absolute atomic E-state index is 13.0. The second kappa shape index (κ2) is 10.4. The minimum atomic E-state index is -0.531. The largest absolute Gasteiger partial charge is 0.462 e. The van der Waals surface area contributed by atoms with E-state index in [-0.39, 0.29) is 28.3 Å². The summed E-state index contributed by atoms with van der Waals surface area (Å²) in [5, 5.41) is 18.9. The normalized spacial score (nSPS) is 14.0. The van der Waals surface area contributed by atoms with Crippen LogP contribution in [0.15, 0.2) is 42.6 Å². The quantitative estimate of drug-likeness (QED) is 0.194. The predicted molar refractivity (Wildman–Crippen MR) is 138 cm³/mol. The summed E-state index contributed by atoms with van der Waals surface area (Å²) in [5.74, 6) is -0.309. The Labute approximate surface area is 215 Å². The summed E-state index contributed by atoms with van der Waals surface area (Å²) >= 11 is 0.791. The molecule has 190 valence electrons. The van der Waals surface area contributed by atoms with Crippen molar-refractivity contribution in [3.8, 4) is 11.4 Å². The Hall–Kier alpha value is -4.19. The summed E-state index contributed by atoms with van der Waals surface area (Å²) in [4.78, 5) is 45.1.